The number of hydrogen-bond acceptors (Lipinski definition) is 2. The molecule has 0 spiro atoms. The van der Waals surface area contributed by atoms with Crippen LogP contribution in [0.4, 0.5) is 5.69 Å². The molecule has 3 N–H and O–H groups in total. The van der Waals surface area contributed by atoms with E-state index in [0.29, 0.717) is 5.92 Å². The largest absolute Gasteiger partial charge is 0.481 e. The van der Waals surface area contributed by atoms with Crippen LogP contribution in [0.25, 0.3) is 0 Å². The summed E-state index contributed by atoms with van der Waals surface area (Å²) in [6.45, 7) is 1.96. The lowest BCUT2D eigenvalue weighted by atomic mass is 9.90. The van der Waals surface area contributed by atoms with Gasteiger partial charge in [0.05, 0.1) is 6.42 Å². The van der Waals surface area contributed by atoms with E-state index < -0.39 is 5.97 Å². The average Bonchev–Trinajstić information content (AvgIpc) is 3.02. The third-order valence-corrected chi connectivity index (χ3v) is 3.32. The van der Waals surface area contributed by atoms with E-state index >= 15 is 0 Å². The van der Waals surface area contributed by atoms with Gasteiger partial charge < -0.3 is 10.8 Å². The molecule has 3 heteroatoms. The molecule has 0 aliphatic heterocycles. The summed E-state index contributed by atoms with van der Waals surface area (Å²) in [5, 5.41) is 8.91. The van der Waals surface area contributed by atoms with Crippen molar-refractivity contribution in [3.05, 3.63) is 29.3 Å². The number of carbonyl (C=O) groups is 1. The van der Waals surface area contributed by atoms with E-state index in [-0.39, 0.29) is 12.3 Å². The van der Waals surface area contributed by atoms with Crippen molar-refractivity contribution in [3.8, 4) is 0 Å². The van der Waals surface area contributed by atoms with Crippen molar-refractivity contribution in [2.24, 2.45) is 5.92 Å². The van der Waals surface area contributed by atoms with E-state index in [1.54, 1.807) is 0 Å². The van der Waals surface area contributed by atoms with E-state index in [4.69, 9.17) is 10.8 Å². The molecule has 86 valence electrons. The normalized spacial score (nSPS) is 17.1. The molecule has 1 atom stereocenters. The van der Waals surface area contributed by atoms with Crippen LogP contribution in [0.2, 0.25) is 0 Å². The predicted molar refractivity (Wildman–Crippen MR) is 63.3 cm³/mol. The molecular weight excluding hydrogens is 202 g/mol. The number of anilines is 1. The fourth-order valence-corrected chi connectivity index (χ4v) is 2.13. The van der Waals surface area contributed by atoms with Gasteiger partial charge in [0.25, 0.3) is 0 Å². The van der Waals surface area contributed by atoms with Crippen LogP contribution in [0.3, 0.4) is 0 Å². The highest BCUT2D eigenvalue weighted by atomic mass is 16.4. The van der Waals surface area contributed by atoms with Crippen LogP contribution in [0.15, 0.2) is 18.2 Å². The molecule has 3 nitrogen and oxygen atoms in total. The summed E-state index contributed by atoms with van der Waals surface area (Å²) in [4.78, 5) is 10.8. The molecule has 0 heterocycles. The highest BCUT2D eigenvalue weighted by molar-refractivity contribution is 5.68. The van der Waals surface area contributed by atoms with Gasteiger partial charge in [0.15, 0.2) is 0 Å². The minimum absolute atomic E-state index is 0.139. The van der Waals surface area contributed by atoms with Crippen molar-refractivity contribution < 1.29 is 9.90 Å². The van der Waals surface area contributed by atoms with Crippen molar-refractivity contribution in [2.45, 2.75) is 32.1 Å². The first kappa shape index (κ1) is 11.0. The van der Waals surface area contributed by atoms with E-state index in [9.17, 15) is 4.79 Å². The molecule has 16 heavy (non-hydrogen) atoms. The number of benzene rings is 1. The Kier molecular flexibility index (Phi) is 2.86. The fraction of sp³-hybridized carbons (Fsp3) is 0.462. The van der Waals surface area contributed by atoms with Crippen molar-refractivity contribution in [3.63, 3.8) is 0 Å². The standard InChI is InChI=1S/C13H17NO2/c1-8-2-3-10(6-12(8)14)11(7-13(15)16)9-4-5-9/h2-3,6,9,11H,4-5,7,14H2,1H3,(H,15,16). The summed E-state index contributed by atoms with van der Waals surface area (Å²) in [7, 11) is 0. The summed E-state index contributed by atoms with van der Waals surface area (Å²) in [6, 6.07) is 5.92. The van der Waals surface area contributed by atoms with Gasteiger partial charge in [-0.15, -0.1) is 0 Å². The topological polar surface area (TPSA) is 63.3 Å². The number of carboxylic acids is 1. The summed E-state index contributed by atoms with van der Waals surface area (Å²) in [5.74, 6) is -0.0466. The van der Waals surface area contributed by atoms with Crippen molar-refractivity contribution in [1.29, 1.82) is 0 Å². The molecule has 1 aliphatic carbocycles. The Bertz CT molecular complexity index is 410. The van der Waals surface area contributed by atoms with Crippen LogP contribution in [0.5, 0.6) is 0 Å². The van der Waals surface area contributed by atoms with Gasteiger partial charge in [-0.3, -0.25) is 4.79 Å². The number of carboxylic acid groups (broad SMARTS) is 1. The average molecular weight is 219 g/mol. The molecule has 0 bridgehead atoms. The number of nitrogens with two attached hydrogens (primary N) is 1. The third kappa shape index (κ3) is 2.35. The van der Waals surface area contributed by atoms with E-state index in [1.807, 2.05) is 25.1 Å². The van der Waals surface area contributed by atoms with Gasteiger partial charge in [-0.2, -0.15) is 0 Å². The summed E-state index contributed by atoms with van der Waals surface area (Å²) in [6.07, 6.45) is 2.50. The maximum Gasteiger partial charge on any atom is 0.303 e. The van der Waals surface area contributed by atoms with Gasteiger partial charge >= 0.3 is 5.97 Å². The molecule has 1 aromatic carbocycles. The van der Waals surface area contributed by atoms with Crippen molar-refractivity contribution in [1.82, 2.24) is 0 Å². The molecule has 0 radical (unpaired) electrons. The highest BCUT2D eigenvalue weighted by Gasteiger charge is 2.33. The van der Waals surface area contributed by atoms with Gasteiger partial charge in [-0.05, 0) is 48.8 Å². The van der Waals surface area contributed by atoms with Gasteiger partial charge in [0.1, 0.15) is 0 Å². The molecule has 2 rings (SSSR count). The first-order valence-corrected chi connectivity index (χ1v) is 5.65. The van der Waals surface area contributed by atoms with Crippen LogP contribution >= 0.6 is 0 Å². The van der Waals surface area contributed by atoms with Crippen molar-refractivity contribution in [2.75, 3.05) is 5.73 Å². The minimum Gasteiger partial charge on any atom is -0.481 e. The predicted octanol–water partition coefficient (Wildman–Crippen LogP) is 2.55. The van der Waals surface area contributed by atoms with Gasteiger partial charge in [-0.25, -0.2) is 0 Å². The lowest BCUT2D eigenvalue weighted by Crippen LogP contribution is -2.09. The van der Waals surface area contributed by atoms with E-state index in [0.717, 1.165) is 29.7 Å². The second-order valence-corrected chi connectivity index (χ2v) is 4.66. The quantitative estimate of drug-likeness (QED) is 0.765. The number of rotatable bonds is 4. The smallest absolute Gasteiger partial charge is 0.303 e. The Labute approximate surface area is 95.3 Å². The van der Waals surface area contributed by atoms with Gasteiger partial charge in [0, 0.05) is 5.69 Å². The van der Waals surface area contributed by atoms with Gasteiger partial charge in [0.2, 0.25) is 0 Å². The Morgan fingerprint density at radius 3 is 2.75 bits per heavy atom. The second kappa shape index (κ2) is 4.16. The zero-order valence-corrected chi connectivity index (χ0v) is 9.44. The minimum atomic E-state index is -0.726. The van der Waals surface area contributed by atoms with Crippen LogP contribution in [-0.4, -0.2) is 11.1 Å². The monoisotopic (exact) mass is 219 g/mol. The van der Waals surface area contributed by atoms with Crippen LogP contribution < -0.4 is 5.73 Å². The molecule has 1 saturated carbocycles. The van der Waals surface area contributed by atoms with Crippen molar-refractivity contribution >= 4 is 11.7 Å². The number of nitrogen functional groups attached to an aromatic ring is 1. The Hall–Kier alpha value is -1.51. The van der Waals surface area contributed by atoms with Crippen LogP contribution in [0.1, 0.15) is 36.3 Å². The maximum absolute atomic E-state index is 10.8. The molecule has 1 aromatic rings. The zero-order chi connectivity index (χ0) is 11.7. The van der Waals surface area contributed by atoms with Gasteiger partial charge in [-0.1, -0.05) is 12.1 Å². The van der Waals surface area contributed by atoms with Crippen LogP contribution in [-0.2, 0) is 4.79 Å². The third-order valence-electron chi connectivity index (χ3n) is 3.32. The number of aryl methyl sites for hydroxylation is 1. The molecule has 1 aliphatic rings. The molecule has 0 aromatic heterocycles. The summed E-state index contributed by atoms with van der Waals surface area (Å²) < 4.78 is 0. The SMILES string of the molecule is Cc1ccc(C(CC(=O)O)C2CC2)cc1N. The molecule has 0 saturated heterocycles. The highest BCUT2D eigenvalue weighted by Crippen LogP contribution is 2.44. The molecular formula is C13H17NO2. The first-order valence-electron chi connectivity index (χ1n) is 5.65. The van der Waals surface area contributed by atoms with E-state index in [1.165, 1.54) is 0 Å². The Morgan fingerprint density at radius 2 is 2.25 bits per heavy atom. The second-order valence-electron chi connectivity index (χ2n) is 4.66. The number of hydrogen-bond donors (Lipinski definition) is 2. The lowest BCUT2D eigenvalue weighted by molar-refractivity contribution is -0.137. The molecule has 1 fully saturated rings. The zero-order valence-electron chi connectivity index (χ0n) is 9.44. The van der Waals surface area contributed by atoms with Crippen LogP contribution in [0, 0.1) is 12.8 Å². The lowest BCUT2D eigenvalue weighted by Gasteiger charge is -2.15. The molecule has 0 amide bonds. The fourth-order valence-electron chi connectivity index (χ4n) is 2.13. The number of aliphatic carboxylic acids is 1. The maximum atomic E-state index is 10.8. The summed E-state index contributed by atoms with van der Waals surface area (Å²) >= 11 is 0. The van der Waals surface area contributed by atoms with E-state index in [2.05, 4.69) is 0 Å². The molecule has 1 unspecified atom stereocenters. The summed E-state index contributed by atoms with van der Waals surface area (Å²) in [5.41, 5.74) is 8.75. The Morgan fingerprint density at radius 1 is 1.56 bits per heavy atom. The Balaban J connectivity index is 2.24. The first-order chi connectivity index (χ1) is 7.58.